The Balaban J connectivity index is 1.49. The van der Waals surface area contributed by atoms with Crippen molar-refractivity contribution in [3.63, 3.8) is 0 Å². The predicted molar refractivity (Wildman–Crippen MR) is 98.8 cm³/mol. The van der Waals surface area contributed by atoms with Gasteiger partial charge in [0.2, 0.25) is 5.91 Å². The van der Waals surface area contributed by atoms with E-state index in [1.54, 1.807) is 29.8 Å². The molecule has 124 valence electrons. The molecule has 1 amide bonds. The van der Waals surface area contributed by atoms with Crippen molar-refractivity contribution in [1.82, 2.24) is 10.3 Å². The van der Waals surface area contributed by atoms with Crippen LogP contribution in [0.2, 0.25) is 0 Å². The molecule has 0 aliphatic carbocycles. The summed E-state index contributed by atoms with van der Waals surface area (Å²) in [5.41, 5.74) is 2.08. The van der Waals surface area contributed by atoms with Gasteiger partial charge in [0.15, 0.2) is 0 Å². The topological polar surface area (TPSA) is 51.2 Å². The molecule has 0 saturated carbocycles. The number of aromatic nitrogens is 1. The Labute approximate surface area is 149 Å². The van der Waals surface area contributed by atoms with Crippen LogP contribution in [0.1, 0.15) is 10.6 Å². The Hall–Kier alpha value is -2.18. The molecule has 4 nitrogen and oxygen atoms in total. The van der Waals surface area contributed by atoms with Gasteiger partial charge in [-0.05, 0) is 35.7 Å². The summed E-state index contributed by atoms with van der Waals surface area (Å²) >= 11 is 3.22. The van der Waals surface area contributed by atoms with E-state index in [1.165, 1.54) is 0 Å². The minimum absolute atomic E-state index is 0.0584. The fraction of sp³-hybridized carbons (Fsp3) is 0.222. The number of amides is 1. The molecule has 1 aromatic carbocycles. The molecular formula is C18H18N2O2S2. The lowest BCUT2D eigenvalue weighted by Gasteiger charge is -2.03. The molecule has 0 radical (unpaired) electrons. The molecule has 0 aliphatic heterocycles. The summed E-state index contributed by atoms with van der Waals surface area (Å²) in [4.78, 5) is 17.6. The number of methoxy groups -OCH3 is 1. The molecule has 3 rings (SSSR count). The van der Waals surface area contributed by atoms with Crippen molar-refractivity contribution in [3.8, 4) is 16.3 Å². The summed E-state index contributed by atoms with van der Waals surface area (Å²) in [6.07, 6.45) is 1.19. The summed E-state index contributed by atoms with van der Waals surface area (Å²) in [5.74, 6) is 0.895. The highest BCUT2D eigenvalue weighted by Gasteiger charge is 2.07. The number of nitrogens with zero attached hydrogens (tertiary/aromatic N) is 1. The number of thiazole rings is 1. The van der Waals surface area contributed by atoms with Gasteiger partial charge in [0.25, 0.3) is 0 Å². The number of carbonyl (C=O) groups is 1. The first-order valence-electron chi connectivity index (χ1n) is 7.62. The van der Waals surface area contributed by atoms with Crippen molar-refractivity contribution in [2.75, 3.05) is 13.7 Å². The second kappa shape index (κ2) is 8.08. The zero-order chi connectivity index (χ0) is 16.8. The Kier molecular flexibility index (Phi) is 5.61. The van der Waals surface area contributed by atoms with E-state index in [0.717, 1.165) is 33.3 Å². The number of carbonyl (C=O) groups excluding carboxylic acids is 1. The van der Waals surface area contributed by atoms with Crippen molar-refractivity contribution in [2.45, 2.75) is 12.8 Å². The van der Waals surface area contributed by atoms with Crippen molar-refractivity contribution < 1.29 is 9.53 Å². The standard InChI is InChI=1S/C18H18N2O2S2/c1-22-15-6-4-13(5-7-15)18-20-14(12-24-18)8-9-19-17(21)11-16-3-2-10-23-16/h2-7,10,12H,8-9,11H2,1H3,(H,19,21). The Morgan fingerprint density at radius 1 is 1.21 bits per heavy atom. The summed E-state index contributed by atoms with van der Waals surface area (Å²) < 4.78 is 5.17. The van der Waals surface area contributed by atoms with Gasteiger partial charge in [-0.25, -0.2) is 4.98 Å². The van der Waals surface area contributed by atoms with Crippen LogP contribution in [0.5, 0.6) is 5.75 Å². The number of rotatable bonds is 7. The number of benzene rings is 1. The zero-order valence-electron chi connectivity index (χ0n) is 13.3. The number of thiophene rings is 1. The Morgan fingerprint density at radius 2 is 2.04 bits per heavy atom. The minimum Gasteiger partial charge on any atom is -0.497 e. The van der Waals surface area contributed by atoms with Crippen LogP contribution in [0.3, 0.4) is 0 Å². The van der Waals surface area contributed by atoms with Crippen molar-refractivity contribution in [2.24, 2.45) is 0 Å². The van der Waals surface area contributed by atoms with E-state index in [-0.39, 0.29) is 5.91 Å². The molecular weight excluding hydrogens is 340 g/mol. The lowest BCUT2D eigenvalue weighted by Crippen LogP contribution is -2.27. The van der Waals surface area contributed by atoms with Crippen LogP contribution in [0.25, 0.3) is 10.6 Å². The van der Waals surface area contributed by atoms with Crippen LogP contribution < -0.4 is 10.1 Å². The van der Waals surface area contributed by atoms with Gasteiger partial charge in [-0.2, -0.15) is 0 Å². The fourth-order valence-electron chi connectivity index (χ4n) is 2.25. The summed E-state index contributed by atoms with van der Waals surface area (Å²) in [6.45, 7) is 0.607. The lowest BCUT2D eigenvalue weighted by atomic mass is 10.2. The highest BCUT2D eigenvalue weighted by Crippen LogP contribution is 2.25. The molecule has 0 atom stereocenters. The first kappa shape index (κ1) is 16.7. The molecule has 0 saturated heterocycles. The van der Waals surface area contributed by atoms with Gasteiger partial charge in [0.05, 0.1) is 19.2 Å². The van der Waals surface area contributed by atoms with Gasteiger partial charge in [-0.3, -0.25) is 4.79 Å². The summed E-state index contributed by atoms with van der Waals surface area (Å²) in [5, 5.41) is 7.96. The third-order valence-electron chi connectivity index (χ3n) is 3.51. The highest BCUT2D eigenvalue weighted by molar-refractivity contribution is 7.13. The second-order valence-electron chi connectivity index (χ2n) is 5.23. The number of nitrogens with one attached hydrogen (secondary N) is 1. The Bertz CT molecular complexity index is 780. The quantitative estimate of drug-likeness (QED) is 0.699. The van der Waals surface area contributed by atoms with Crippen molar-refractivity contribution in [1.29, 1.82) is 0 Å². The maximum absolute atomic E-state index is 11.9. The third-order valence-corrected chi connectivity index (χ3v) is 5.32. The Morgan fingerprint density at radius 3 is 2.75 bits per heavy atom. The molecule has 0 spiro atoms. The molecule has 0 unspecified atom stereocenters. The van der Waals surface area contributed by atoms with Crippen molar-refractivity contribution >= 4 is 28.6 Å². The number of ether oxygens (including phenoxy) is 1. The number of hydrogen-bond donors (Lipinski definition) is 1. The van der Waals surface area contributed by atoms with Crippen LogP contribution in [0.15, 0.2) is 47.2 Å². The van der Waals surface area contributed by atoms with Crippen molar-refractivity contribution in [3.05, 3.63) is 57.7 Å². The molecule has 6 heteroatoms. The minimum atomic E-state index is 0.0584. The predicted octanol–water partition coefficient (Wildman–Crippen LogP) is 3.78. The van der Waals surface area contributed by atoms with E-state index < -0.39 is 0 Å². The molecule has 0 aliphatic rings. The number of hydrogen-bond acceptors (Lipinski definition) is 5. The molecule has 24 heavy (non-hydrogen) atoms. The molecule has 0 bridgehead atoms. The van der Waals surface area contributed by atoms with E-state index in [2.05, 4.69) is 10.3 Å². The lowest BCUT2D eigenvalue weighted by molar-refractivity contribution is -0.120. The van der Waals surface area contributed by atoms with Crippen LogP contribution in [-0.2, 0) is 17.6 Å². The fourth-order valence-corrected chi connectivity index (χ4v) is 3.82. The van der Waals surface area contributed by atoms with E-state index in [1.807, 2.05) is 47.2 Å². The van der Waals surface area contributed by atoms with Gasteiger partial charge >= 0.3 is 0 Å². The smallest absolute Gasteiger partial charge is 0.225 e. The average molecular weight is 358 g/mol. The van der Waals surface area contributed by atoms with Gasteiger partial charge in [-0.15, -0.1) is 22.7 Å². The van der Waals surface area contributed by atoms with E-state index >= 15 is 0 Å². The SMILES string of the molecule is COc1ccc(-c2nc(CCNC(=O)Cc3cccs3)cs2)cc1. The zero-order valence-corrected chi connectivity index (χ0v) is 15.0. The maximum Gasteiger partial charge on any atom is 0.225 e. The van der Waals surface area contributed by atoms with Gasteiger partial charge in [0, 0.05) is 28.8 Å². The van der Waals surface area contributed by atoms with Crippen LogP contribution in [-0.4, -0.2) is 24.5 Å². The first-order valence-corrected chi connectivity index (χ1v) is 9.38. The normalized spacial score (nSPS) is 10.5. The van der Waals surface area contributed by atoms with Crippen LogP contribution >= 0.6 is 22.7 Å². The van der Waals surface area contributed by atoms with E-state index in [9.17, 15) is 4.79 Å². The molecule has 3 aromatic rings. The van der Waals surface area contributed by atoms with Gasteiger partial charge < -0.3 is 10.1 Å². The molecule has 1 N–H and O–H groups in total. The monoisotopic (exact) mass is 358 g/mol. The summed E-state index contributed by atoms with van der Waals surface area (Å²) in [7, 11) is 1.66. The van der Waals surface area contributed by atoms with E-state index in [4.69, 9.17) is 4.74 Å². The maximum atomic E-state index is 11.9. The highest BCUT2D eigenvalue weighted by atomic mass is 32.1. The average Bonchev–Trinajstić information content (AvgIpc) is 3.27. The van der Waals surface area contributed by atoms with Crippen LogP contribution in [0, 0.1) is 0 Å². The first-order chi connectivity index (χ1) is 11.7. The third kappa shape index (κ3) is 4.43. The summed E-state index contributed by atoms with van der Waals surface area (Å²) in [6, 6.07) is 11.8. The molecule has 2 heterocycles. The van der Waals surface area contributed by atoms with E-state index in [0.29, 0.717) is 13.0 Å². The molecule has 2 aromatic heterocycles. The molecule has 0 fully saturated rings. The van der Waals surface area contributed by atoms with Gasteiger partial charge in [0.1, 0.15) is 10.8 Å². The second-order valence-corrected chi connectivity index (χ2v) is 7.12. The van der Waals surface area contributed by atoms with Crippen LogP contribution in [0.4, 0.5) is 0 Å². The largest absolute Gasteiger partial charge is 0.497 e. The van der Waals surface area contributed by atoms with Gasteiger partial charge in [-0.1, -0.05) is 6.07 Å².